The van der Waals surface area contributed by atoms with Crippen molar-refractivity contribution < 1.29 is 9.53 Å². The molecule has 24 heavy (non-hydrogen) atoms. The van der Waals surface area contributed by atoms with E-state index < -0.39 is 8.07 Å². The lowest BCUT2D eigenvalue weighted by Crippen LogP contribution is -2.22. The molecule has 0 spiro atoms. The average molecular weight is 363 g/mol. The van der Waals surface area contributed by atoms with Crippen molar-refractivity contribution in [2.75, 3.05) is 6.61 Å². The molecule has 6 nitrogen and oxygen atoms in total. The quantitative estimate of drug-likeness (QED) is 0.326. The van der Waals surface area contributed by atoms with Crippen LogP contribution in [0, 0.1) is 11.3 Å². The summed E-state index contributed by atoms with van der Waals surface area (Å²) in [7, 11) is -1.18. The van der Waals surface area contributed by atoms with Crippen LogP contribution in [0.3, 0.4) is 0 Å². The largest absolute Gasteiger partial charge is 0.359 e. The topological polar surface area (TPSA) is 80.8 Å². The Morgan fingerprint density at radius 3 is 2.83 bits per heavy atom. The van der Waals surface area contributed by atoms with E-state index in [1.807, 2.05) is 6.07 Å². The number of carbonyl (C=O) groups is 1. The number of ether oxygens (including phenoxy) is 1. The molecule has 0 aromatic carbocycles. The summed E-state index contributed by atoms with van der Waals surface area (Å²) in [4.78, 5) is 16.3. The molecule has 0 aliphatic carbocycles. The minimum absolute atomic E-state index is 0.113. The highest BCUT2D eigenvalue weighted by Gasteiger charge is 2.19. The molecule has 0 bridgehead atoms. The molecule has 2 rings (SSSR count). The molecule has 2 aromatic rings. The van der Waals surface area contributed by atoms with E-state index in [2.05, 4.69) is 29.7 Å². The first kappa shape index (κ1) is 18.3. The van der Waals surface area contributed by atoms with Gasteiger partial charge in [-0.2, -0.15) is 10.4 Å². The molecule has 2 aromatic heterocycles. The SMILES string of the molecule is C[Si](C)(C)CCOCn1nc(C(=O)c2cccnc2Cl)cc1C#N. The Balaban J connectivity index is 2.11. The first-order valence-corrected chi connectivity index (χ1v) is 11.6. The van der Waals surface area contributed by atoms with Crippen molar-refractivity contribution in [2.24, 2.45) is 0 Å². The number of nitriles is 1. The van der Waals surface area contributed by atoms with Gasteiger partial charge in [0.1, 0.15) is 29.3 Å². The van der Waals surface area contributed by atoms with E-state index in [1.54, 1.807) is 12.1 Å². The molecule has 0 atom stereocenters. The van der Waals surface area contributed by atoms with Gasteiger partial charge in [0.2, 0.25) is 5.78 Å². The Morgan fingerprint density at radius 1 is 1.46 bits per heavy atom. The fourth-order valence-electron chi connectivity index (χ4n) is 1.94. The number of pyridine rings is 1. The van der Waals surface area contributed by atoms with Gasteiger partial charge in [0, 0.05) is 26.9 Å². The molecular weight excluding hydrogens is 344 g/mol. The Bertz CT molecular complexity index is 777. The molecule has 2 heterocycles. The van der Waals surface area contributed by atoms with Crippen LogP contribution in [-0.2, 0) is 11.5 Å². The highest BCUT2D eigenvalue weighted by molar-refractivity contribution is 6.76. The lowest BCUT2D eigenvalue weighted by molar-refractivity contribution is 0.0774. The van der Waals surface area contributed by atoms with E-state index in [-0.39, 0.29) is 34.6 Å². The zero-order valence-electron chi connectivity index (χ0n) is 13.9. The van der Waals surface area contributed by atoms with Crippen LogP contribution in [0.1, 0.15) is 21.7 Å². The highest BCUT2D eigenvalue weighted by atomic mass is 35.5. The van der Waals surface area contributed by atoms with Gasteiger partial charge in [-0.3, -0.25) is 4.79 Å². The summed E-state index contributed by atoms with van der Waals surface area (Å²) in [5.74, 6) is -0.370. The summed E-state index contributed by atoms with van der Waals surface area (Å²) in [5.41, 5.74) is 0.676. The highest BCUT2D eigenvalue weighted by Crippen LogP contribution is 2.17. The Labute approximate surface area is 147 Å². The maximum Gasteiger partial charge on any atom is 0.216 e. The molecular formula is C16H19ClN4O2Si. The molecule has 126 valence electrons. The minimum Gasteiger partial charge on any atom is -0.359 e. The molecule has 0 radical (unpaired) electrons. The van der Waals surface area contributed by atoms with Crippen molar-refractivity contribution in [3.05, 3.63) is 46.5 Å². The number of nitrogens with zero attached hydrogens (tertiary/aromatic N) is 4. The Kier molecular flexibility index (Phi) is 5.88. The van der Waals surface area contributed by atoms with E-state index in [0.717, 1.165) is 6.04 Å². The van der Waals surface area contributed by atoms with Crippen LogP contribution in [0.2, 0.25) is 30.8 Å². The van der Waals surface area contributed by atoms with Crippen molar-refractivity contribution in [3.63, 3.8) is 0 Å². The third kappa shape index (κ3) is 4.74. The number of ketones is 1. The van der Waals surface area contributed by atoms with E-state index in [9.17, 15) is 10.1 Å². The van der Waals surface area contributed by atoms with Crippen LogP contribution in [0.25, 0.3) is 0 Å². The van der Waals surface area contributed by atoms with Gasteiger partial charge < -0.3 is 4.74 Å². The van der Waals surface area contributed by atoms with Crippen LogP contribution in [0.5, 0.6) is 0 Å². The Hall–Kier alpha value is -2.01. The second-order valence-electron chi connectivity index (χ2n) is 6.55. The average Bonchev–Trinajstić information content (AvgIpc) is 2.94. The normalized spacial score (nSPS) is 11.3. The summed E-state index contributed by atoms with van der Waals surface area (Å²) in [6, 6.07) is 7.68. The van der Waals surface area contributed by atoms with E-state index >= 15 is 0 Å². The van der Waals surface area contributed by atoms with Crippen LogP contribution >= 0.6 is 11.6 Å². The first-order valence-electron chi connectivity index (χ1n) is 7.53. The third-order valence-corrected chi connectivity index (χ3v) is 5.35. The molecule has 0 aliphatic rings. The van der Waals surface area contributed by atoms with Crippen molar-refractivity contribution in [1.82, 2.24) is 14.8 Å². The van der Waals surface area contributed by atoms with Crippen LogP contribution in [-0.4, -0.2) is 35.2 Å². The van der Waals surface area contributed by atoms with E-state index in [1.165, 1.54) is 16.9 Å². The standard InChI is InChI=1S/C16H19ClN4O2Si/c1-24(2,3)8-7-23-11-21-12(10-18)9-14(20-21)15(22)13-5-4-6-19-16(13)17/h4-6,9H,7-8,11H2,1-3H3. The number of halogens is 1. The number of hydrogen-bond donors (Lipinski definition) is 0. The zero-order valence-corrected chi connectivity index (χ0v) is 15.7. The second-order valence-corrected chi connectivity index (χ2v) is 12.5. The molecule has 0 aliphatic heterocycles. The molecule has 0 N–H and O–H groups in total. The zero-order chi connectivity index (χ0) is 17.7. The van der Waals surface area contributed by atoms with Crippen molar-refractivity contribution in [2.45, 2.75) is 32.4 Å². The number of carbonyl (C=O) groups excluding carboxylic acids is 1. The predicted molar refractivity (Wildman–Crippen MR) is 93.7 cm³/mol. The maximum absolute atomic E-state index is 12.5. The molecule has 0 fully saturated rings. The van der Waals surface area contributed by atoms with E-state index in [4.69, 9.17) is 16.3 Å². The van der Waals surface area contributed by atoms with Crippen LogP contribution < -0.4 is 0 Å². The molecule has 0 saturated carbocycles. The Morgan fingerprint density at radius 2 is 2.21 bits per heavy atom. The minimum atomic E-state index is -1.18. The number of rotatable bonds is 7. The van der Waals surface area contributed by atoms with Gasteiger partial charge in [-0.05, 0) is 18.2 Å². The lowest BCUT2D eigenvalue weighted by Gasteiger charge is -2.15. The van der Waals surface area contributed by atoms with Gasteiger partial charge in [-0.15, -0.1) is 0 Å². The first-order chi connectivity index (χ1) is 11.3. The lowest BCUT2D eigenvalue weighted by atomic mass is 10.1. The number of aromatic nitrogens is 3. The second kappa shape index (κ2) is 7.70. The van der Waals surface area contributed by atoms with E-state index in [0.29, 0.717) is 6.61 Å². The molecule has 8 heteroatoms. The van der Waals surface area contributed by atoms with Crippen molar-refractivity contribution in [3.8, 4) is 6.07 Å². The molecule has 0 saturated heterocycles. The third-order valence-electron chi connectivity index (χ3n) is 3.34. The van der Waals surface area contributed by atoms with Gasteiger partial charge in [0.25, 0.3) is 0 Å². The fourth-order valence-corrected chi connectivity index (χ4v) is 2.90. The molecule has 0 amide bonds. The van der Waals surface area contributed by atoms with Crippen LogP contribution in [0.4, 0.5) is 0 Å². The van der Waals surface area contributed by atoms with Crippen LogP contribution in [0.15, 0.2) is 24.4 Å². The van der Waals surface area contributed by atoms with Gasteiger partial charge in [-0.25, -0.2) is 9.67 Å². The van der Waals surface area contributed by atoms with Gasteiger partial charge in [-0.1, -0.05) is 31.2 Å². The van der Waals surface area contributed by atoms with Crippen molar-refractivity contribution >= 4 is 25.5 Å². The summed E-state index contributed by atoms with van der Waals surface area (Å²) < 4.78 is 6.99. The summed E-state index contributed by atoms with van der Waals surface area (Å²) in [6.45, 7) is 7.54. The van der Waals surface area contributed by atoms with Crippen molar-refractivity contribution in [1.29, 1.82) is 5.26 Å². The smallest absolute Gasteiger partial charge is 0.216 e. The monoisotopic (exact) mass is 362 g/mol. The predicted octanol–water partition coefficient (Wildman–Crippen LogP) is 3.35. The summed E-state index contributed by atoms with van der Waals surface area (Å²) in [5, 5.41) is 13.5. The van der Waals surface area contributed by atoms with Gasteiger partial charge in [0.15, 0.2) is 0 Å². The van der Waals surface area contributed by atoms with Gasteiger partial charge in [0.05, 0.1) is 5.56 Å². The fraction of sp³-hybridized carbons (Fsp3) is 0.375. The van der Waals surface area contributed by atoms with Gasteiger partial charge >= 0.3 is 0 Å². The summed E-state index contributed by atoms with van der Waals surface area (Å²) >= 11 is 5.94. The summed E-state index contributed by atoms with van der Waals surface area (Å²) in [6.07, 6.45) is 1.50. The number of hydrogen-bond acceptors (Lipinski definition) is 5. The molecule has 0 unspecified atom stereocenters. The maximum atomic E-state index is 12.5.